The van der Waals surface area contributed by atoms with Crippen LogP contribution in [0.3, 0.4) is 0 Å². The molecular formula is C25H27ClN6O4S. The van der Waals surface area contributed by atoms with Crippen LogP contribution in [0.4, 0.5) is 0 Å². The Morgan fingerprint density at radius 2 is 1.89 bits per heavy atom. The third-order valence-corrected chi connectivity index (χ3v) is 9.73. The minimum Gasteiger partial charge on any atom is -0.326 e. The summed E-state index contributed by atoms with van der Waals surface area (Å²) in [4.78, 5) is 35.1. The van der Waals surface area contributed by atoms with E-state index < -0.39 is 21.2 Å². The molecule has 0 aliphatic heterocycles. The first-order chi connectivity index (χ1) is 17.8. The van der Waals surface area contributed by atoms with E-state index in [0.717, 1.165) is 33.7 Å². The Bertz CT molecular complexity index is 1700. The van der Waals surface area contributed by atoms with Gasteiger partial charge in [-0.3, -0.25) is 18.9 Å². The number of pyridine rings is 1. The summed E-state index contributed by atoms with van der Waals surface area (Å²) in [7, 11) is -2.22. The summed E-state index contributed by atoms with van der Waals surface area (Å²) in [6, 6.07) is 7.51. The lowest BCUT2D eigenvalue weighted by Crippen LogP contribution is -2.35. The molecule has 2 fully saturated rings. The molecule has 194 valence electrons. The zero-order chi connectivity index (χ0) is 25.9. The van der Waals surface area contributed by atoms with Crippen molar-refractivity contribution >= 4 is 49.6 Å². The van der Waals surface area contributed by atoms with E-state index in [-0.39, 0.29) is 24.7 Å². The number of hydrogen-bond donors (Lipinski definition) is 0. The summed E-state index contributed by atoms with van der Waals surface area (Å²) in [5, 5.41) is 0.124. The van der Waals surface area contributed by atoms with Crippen LogP contribution in [0.1, 0.15) is 50.4 Å². The Morgan fingerprint density at radius 3 is 2.62 bits per heavy atom. The second-order valence-electron chi connectivity index (χ2n) is 9.86. The zero-order valence-electron chi connectivity index (χ0n) is 20.4. The molecule has 0 saturated heterocycles. The van der Waals surface area contributed by atoms with E-state index in [1.54, 1.807) is 29.1 Å². The van der Waals surface area contributed by atoms with Gasteiger partial charge in [0.05, 0.1) is 40.1 Å². The second kappa shape index (κ2) is 8.98. The number of aromatic nitrogens is 5. The average Bonchev–Trinajstić information content (AvgIpc) is 3.80. The van der Waals surface area contributed by atoms with Gasteiger partial charge >= 0.3 is 5.69 Å². The van der Waals surface area contributed by atoms with E-state index in [1.165, 1.54) is 7.05 Å². The van der Waals surface area contributed by atoms with Crippen LogP contribution in [0.5, 0.6) is 0 Å². The lowest BCUT2D eigenvalue weighted by molar-refractivity contribution is -0.125. The van der Waals surface area contributed by atoms with E-state index in [0.29, 0.717) is 42.2 Å². The average molecular weight is 543 g/mol. The predicted octanol–water partition coefficient (Wildman–Crippen LogP) is 3.32. The highest BCUT2D eigenvalue weighted by molar-refractivity contribution is 7.90. The van der Waals surface area contributed by atoms with Gasteiger partial charge in [-0.2, -0.15) is 0 Å². The number of imidazole rings is 2. The van der Waals surface area contributed by atoms with Crippen LogP contribution in [0.15, 0.2) is 41.5 Å². The lowest BCUT2D eigenvalue weighted by atomic mass is 10.2. The van der Waals surface area contributed by atoms with Crippen molar-refractivity contribution in [1.82, 2.24) is 28.0 Å². The Morgan fingerprint density at radius 1 is 1.11 bits per heavy atom. The fraction of sp³-hybridized carbons (Fsp3) is 0.440. The highest BCUT2D eigenvalue weighted by Gasteiger charge is 2.40. The van der Waals surface area contributed by atoms with Crippen molar-refractivity contribution in [3.8, 4) is 0 Å². The van der Waals surface area contributed by atoms with E-state index in [1.807, 2.05) is 21.3 Å². The number of aryl methyl sites for hydroxylation is 1. The van der Waals surface area contributed by atoms with E-state index >= 15 is 0 Å². The number of halogens is 1. The summed E-state index contributed by atoms with van der Waals surface area (Å²) in [6.07, 6.45) is 7.09. The molecule has 2 aliphatic rings. The predicted molar refractivity (Wildman–Crippen MR) is 140 cm³/mol. The SMILES string of the molecule is CN(C(=O)CCCn1c(Cn2c(=O)n(C3CC3)c3ccncc32)nc2cc(Cl)ccc21)S(=O)(=O)C1CC1. The van der Waals surface area contributed by atoms with E-state index in [4.69, 9.17) is 16.6 Å². The maximum absolute atomic E-state index is 13.4. The number of carbonyl (C=O) groups excluding carboxylic acids is 1. The molecule has 10 nitrogen and oxygen atoms in total. The number of carbonyl (C=O) groups is 1. The first-order valence-corrected chi connectivity index (χ1v) is 14.3. The summed E-state index contributed by atoms with van der Waals surface area (Å²) in [5.41, 5.74) is 3.04. The molecular weight excluding hydrogens is 516 g/mol. The maximum Gasteiger partial charge on any atom is 0.329 e. The molecule has 2 aliphatic carbocycles. The first kappa shape index (κ1) is 24.2. The normalized spacial score (nSPS) is 16.1. The quantitative estimate of drug-likeness (QED) is 0.321. The Kier molecular flexibility index (Phi) is 5.87. The molecule has 37 heavy (non-hydrogen) atoms. The first-order valence-electron chi connectivity index (χ1n) is 12.5. The molecule has 12 heteroatoms. The van der Waals surface area contributed by atoms with Crippen molar-refractivity contribution < 1.29 is 13.2 Å². The molecule has 0 bridgehead atoms. The van der Waals surface area contributed by atoms with Crippen molar-refractivity contribution in [1.29, 1.82) is 0 Å². The van der Waals surface area contributed by atoms with Gasteiger partial charge in [0.15, 0.2) is 0 Å². The topological polar surface area (TPSA) is 112 Å². The third kappa shape index (κ3) is 4.33. The van der Waals surface area contributed by atoms with Crippen LogP contribution < -0.4 is 5.69 Å². The van der Waals surface area contributed by atoms with Crippen molar-refractivity contribution in [2.45, 2.75) is 62.9 Å². The molecule has 3 heterocycles. The smallest absolute Gasteiger partial charge is 0.326 e. The van der Waals surface area contributed by atoms with Crippen molar-refractivity contribution in [2.24, 2.45) is 0 Å². The van der Waals surface area contributed by atoms with Crippen LogP contribution in [0.2, 0.25) is 5.02 Å². The molecule has 0 radical (unpaired) electrons. The monoisotopic (exact) mass is 542 g/mol. The second-order valence-corrected chi connectivity index (χ2v) is 12.5. The fourth-order valence-electron chi connectivity index (χ4n) is 4.91. The number of amides is 1. The molecule has 2 saturated carbocycles. The van der Waals surface area contributed by atoms with Crippen molar-refractivity contribution in [2.75, 3.05) is 7.05 Å². The van der Waals surface area contributed by atoms with Gasteiger partial charge in [0.2, 0.25) is 15.9 Å². The molecule has 6 rings (SSSR count). The standard InChI is InChI=1S/C25H27ClN6O4S/c1-29(37(35,36)18-7-8-18)24(33)3-2-12-30-20-9-4-16(26)13-19(20)28-23(30)15-31-22-14-27-11-10-21(22)32(25(31)34)17-5-6-17/h4,9-11,13-14,17-18H,2-3,5-8,12,15H2,1H3. The van der Waals surface area contributed by atoms with Gasteiger partial charge in [-0.25, -0.2) is 22.5 Å². The number of benzene rings is 1. The van der Waals surface area contributed by atoms with Gasteiger partial charge in [-0.05, 0) is 56.4 Å². The Balaban J connectivity index is 1.30. The van der Waals surface area contributed by atoms with Gasteiger partial charge in [-0.15, -0.1) is 0 Å². The maximum atomic E-state index is 13.4. The Hall–Kier alpha value is -3.18. The molecule has 0 N–H and O–H groups in total. The number of sulfonamides is 1. The van der Waals surface area contributed by atoms with Crippen LogP contribution in [0, 0.1) is 0 Å². The van der Waals surface area contributed by atoms with E-state index in [9.17, 15) is 18.0 Å². The van der Waals surface area contributed by atoms with Gasteiger partial charge in [0.1, 0.15) is 5.82 Å². The summed E-state index contributed by atoms with van der Waals surface area (Å²) < 4.78 is 31.3. The van der Waals surface area contributed by atoms with E-state index in [2.05, 4.69) is 4.98 Å². The molecule has 1 aromatic carbocycles. The molecule has 0 atom stereocenters. The highest BCUT2D eigenvalue weighted by atomic mass is 35.5. The number of rotatable bonds is 9. The van der Waals surface area contributed by atoms with Gasteiger partial charge in [0, 0.05) is 37.3 Å². The summed E-state index contributed by atoms with van der Waals surface area (Å²) >= 11 is 6.22. The van der Waals surface area contributed by atoms with Gasteiger partial charge in [0.25, 0.3) is 0 Å². The summed E-state index contributed by atoms with van der Waals surface area (Å²) in [6.45, 7) is 0.668. The highest BCUT2D eigenvalue weighted by Crippen LogP contribution is 2.36. The molecule has 1 amide bonds. The van der Waals surface area contributed by atoms with Gasteiger partial charge in [-0.1, -0.05) is 11.6 Å². The van der Waals surface area contributed by atoms with Crippen molar-refractivity contribution in [3.05, 3.63) is 58.0 Å². The Labute approximate surface area is 218 Å². The minimum atomic E-state index is -3.56. The van der Waals surface area contributed by atoms with Crippen LogP contribution in [-0.2, 0) is 27.9 Å². The number of hydrogen-bond acceptors (Lipinski definition) is 6. The van der Waals surface area contributed by atoms with Crippen LogP contribution >= 0.6 is 11.6 Å². The lowest BCUT2D eigenvalue weighted by Gasteiger charge is -2.17. The zero-order valence-corrected chi connectivity index (χ0v) is 22.0. The molecule has 0 unspecified atom stereocenters. The molecule has 0 spiro atoms. The number of fused-ring (bicyclic) bond motifs is 2. The van der Waals surface area contributed by atoms with Crippen molar-refractivity contribution in [3.63, 3.8) is 0 Å². The van der Waals surface area contributed by atoms with Gasteiger partial charge < -0.3 is 4.57 Å². The summed E-state index contributed by atoms with van der Waals surface area (Å²) in [5.74, 6) is 0.236. The minimum absolute atomic E-state index is 0.0833. The largest absolute Gasteiger partial charge is 0.329 e. The molecule has 3 aromatic heterocycles. The van der Waals surface area contributed by atoms with Crippen LogP contribution in [-0.4, -0.2) is 54.6 Å². The fourth-order valence-corrected chi connectivity index (χ4v) is 6.63. The number of nitrogens with zero attached hydrogens (tertiary/aromatic N) is 6. The third-order valence-electron chi connectivity index (χ3n) is 7.22. The van der Waals surface area contributed by atoms with Crippen LogP contribution in [0.25, 0.3) is 22.1 Å². The molecule has 4 aromatic rings.